The molecule has 1 saturated carbocycles. The van der Waals surface area contributed by atoms with E-state index in [1.807, 2.05) is 0 Å². The van der Waals surface area contributed by atoms with Crippen molar-refractivity contribution in [2.45, 2.75) is 59.3 Å². The van der Waals surface area contributed by atoms with Gasteiger partial charge in [-0.2, -0.15) is 0 Å². The lowest BCUT2D eigenvalue weighted by Crippen LogP contribution is -2.10. The second-order valence-electron chi connectivity index (χ2n) is 6.17. The maximum atomic E-state index is 3.85. The largest absolute Gasteiger partial charge is 0.103 e. The van der Waals surface area contributed by atoms with E-state index >= 15 is 0 Å². The van der Waals surface area contributed by atoms with E-state index in [0.717, 1.165) is 17.8 Å². The van der Waals surface area contributed by atoms with E-state index < -0.39 is 0 Å². The molecule has 0 aromatic rings. The zero-order chi connectivity index (χ0) is 12.7. The predicted octanol–water partition coefficient (Wildman–Crippen LogP) is 5.61. The van der Waals surface area contributed by atoms with E-state index in [4.69, 9.17) is 0 Å². The van der Waals surface area contributed by atoms with E-state index in [2.05, 4.69) is 45.6 Å². The smallest absolute Gasteiger partial charge is 0.0233 e. The van der Waals surface area contributed by atoms with Gasteiger partial charge in [-0.1, -0.05) is 51.8 Å². The molecule has 0 heterocycles. The Bertz CT molecular complexity index is 230. The van der Waals surface area contributed by atoms with Crippen molar-refractivity contribution < 1.29 is 0 Å². The van der Waals surface area contributed by atoms with Gasteiger partial charge in [0.05, 0.1) is 0 Å². The Morgan fingerprint density at radius 3 is 2.24 bits per heavy atom. The van der Waals surface area contributed by atoms with E-state index in [1.165, 1.54) is 38.5 Å². The van der Waals surface area contributed by atoms with E-state index in [9.17, 15) is 0 Å². The third kappa shape index (κ3) is 6.10. The van der Waals surface area contributed by atoms with Crippen LogP contribution in [0.15, 0.2) is 24.8 Å². The zero-order valence-electron chi connectivity index (χ0n) is 12.0. The van der Waals surface area contributed by atoms with Crippen molar-refractivity contribution in [2.24, 2.45) is 23.7 Å². The lowest BCUT2D eigenvalue weighted by Gasteiger charge is -2.24. The van der Waals surface area contributed by atoms with Crippen molar-refractivity contribution in [3.05, 3.63) is 24.8 Å². The number of hydrogen-bond donors (Lipinski definition) is 0. The van der Waals surface area contributed by atoms with Crippen LogP contribution in [0.25, 0.3) is 0 Å². The van der Waals surface area contributed by atoms with Gasteiger partial charge in [-0.15, -0.1) is 6.58 Å². The molecule has 0 N–H and O–H groups in total. The molecule has 17 heavy (non-hydrogen) atoms. The van der Waals surface area contributed by atoms with E-state index in [1.54, 1.807) is 0 Å². The molecule has 0 nitrogen and oxygen atoms in total. The summed E-state index contributed by atoms with van der Waals surface area (Å²) in [6.45, 7) is 10.8. The van der Waals surface area contributed by atoms with Crippen LogP contribution < -0.4 is 0 Å². The van der Waals surface area contributed by atoms with Gasteiger partial charge in [-0.05, 0) is 49.4 Å². The van der Waals surface area contributed by atoms with Gasteiger partial charge in [-0.25, -0.2) is 0 Å². The first-order valence-corrected chi connectivity index (χ1v) is 7.42. The Balaban J connectivity index is 2.20. The van der Waals surface area contributed by atoms with Crippen LogP contribution in [-0.4, -0.2) is 0 Å². The molecule has 1 aliphatic rings. The van der Waals surface area contributed by atoms with Gasteiger partial charge < -0.3 is 0 Å². The number of rotatable bonds is 6. The van der Waals surface area contributed by atoms with E-state index in [0.29, 0.717) is 5.92 Å². The van der Waals surface area contributed by atoms with Crippen LogP contribution in [0.5, 0.6) is 0 Å². The SMILES string of the molecule is C=CC(C)CCC(C)/C=C/C1CCC(C)CC1. The van der Waals surface area contributed by atoms with Crippen LogP contribution in [0.2, 0.25) is 0 Å². The Labute approximate surface area is 108 Å². The van der Waals surface area contributed by atoms with Crippen LogP contribution in [-0.2, 0) is 0 Å². The van der Waals surface area contributed by atoms with Gasteiger partial charge in [0.15, 0.2) is 0 Å². The molecule has 0 spiro atoms. The molecule has 0 amide bonds. The molecule has 98 valence electrons. The minimum atomic E-state index is 0.668. The lowest BCUT2D eigenvalue weighted by molar-refractivity contribution is 0.329. The van der Waals surface area contributed by atoms with Crippen molar-refractivity contribution in [3.63, 3.8) is 0 Å². The van der Waals surface area contributed by atoms with Crippen LogP contribution in [0.1, 0.15) is 59.3 Å². The third-order valence-corrected chi connectivity index (χ3v) is 4.25. The fraction of sp³-hybridized carbons (Fsp3) is 0.765. The van der Waals surface area contributed by atoms with Crippen molar-refractivity contribution in [3.8, 4) is 0 Å². The average Bonchev–Trinajstić information content (AvgIpc) is 2.35. The molecule has 2 atom stereocenters. The van der Waals surface area contributed by atoms with Crippen molar-refractivity contribution in [2.75, 3.05) is 0 Å². The summed E-state index contributed by atoms with van der Waals surface area (Å²) in [4.78, 5) is 0. The summed E-state index contributed by atoms with van der Waals surface area (Å²) in [5.41, 5.74) is 0. The highest BCUT2D eigenvalue weighted by Gasteiger charge is 2.15. The minimum Gasteiger partial charge on any atom is -0.103 e. The summed E-state index contributed by atoms with van der Waals surface area (Å²) >= 11 is 0. The number of hydrogen-bond acceptors (Lipinski definition) is 0. The lowest BCUT2D eigenvalue weighted by atomic mass is 9.82. The summed E-state index contributed by atoms with van der Waals surface area (Å²) in [6, 6.07) is 0. The van der Waals surface area contributed by atoms with Crippen LogP contribution in [0.3, 0.4) is 0 Å². The fourth-order valence-electron chi connectivity index (χ4n) is 2.56. The van der Waals surface area contributed by atoms with E-state index in [-0.39, 0.29) is 0 Å². The molecule has 0 radical (unpaired) electrons. The quantitative estimate of drug-likeness (QED) is 0.524. The van der Waals surface area contributed by atoms with Crippen molar-refractivity contribution in [1.29, 1.82) is 0 Å². The molecule has 1 aliphatic carbocycles. The predicted molar refractivity (Wildman–Crippen MR) is 78.0 cm³/mol. The monoisotopic (exact) mass is 234 g/mol. The van der Waals surface area contributed by atoms with Gasteiger partial charge in [0, 0.05) is 0 Å². The van der Waals surface area contributed by atoms with Gasteiger partial charge in [0.1, 0.15) is 0 Å². The van der Waals surface area contributed by atoms with Crippen molar-refractivity contribution in [1.82, 2.24) is 0 Å². The Morgan fingerprint density at radius 1 is 1.06 bits per heavy atom. The van der Waals surface area contributed by atoms with Gasteiger partial charge in [0.2, 0.25) is 0 Å². The summed E-state index contributed by atoms with van der Waals surface area (Å²) in [5.74, 6) is 3.23. The second-order valence-corrected chi connectivity index (χ2v) is 6.17. The summed E-state index contributed by atoms with van der Waals surface area (Å²) in [7, 11) is 0. The molecule has 0 aromatic carbocycles. The molecule has 0 aliphatic heterocycles. The van der Waals surface area contributed by atoms with Gasteiger partial charge in [0.25, 0.3) is 0 Å². The standard InChI is InChI=1S/C17H30/c1-5-14(2)6-7-15(3)8-11-17-12-9-16(4)10-13-17/h5,8,11,14-17H,1,6-7,9-10,12-13H2,2-4H3/b11-8+. The highest BCUT2D eigenvalue weighted by atomic mass is 14.2. The summed E-state index contributed by atoms with van der Waals surface area (Å²) in [5, 5.41) is 0. The van der Waals surface area contributed by atoms with Gasteiger partial charge in [-0.3, -0.25) is 0 Å². The average molecular weight is 234 g/mol. The molecule has 0 heteroatoms. The molecule has 1 rings (SSSR count). The third-order valence-electron chi connectivity index (χ3n) is 4.25. The normalized spacial score (nSPS) is 29.1. The highest BCUT2D eigenvalue weighted by molar-refractivity contribution is 4.93. The Hall–Kier alpha value is -0.520. The first kappa shape index (κ1) is 14.5. The summed E-state index contributed by atoms with van der Waals surface area (Å²) in [6.07, 6.45) is 15.3. The molecular formula is C17H30. The Kier molecular flexibility index (Phi) is 6.62. The van der Waals surface area contributed by atoms with Gasteiger partial charge >= 0.3 is 0 Å². The molecule has 0 bridgehead atoms. The molecule has 0 saturated heterocycles. The molecular weight excluding hydrogens is 204 g/mol. The number of allylic oxidation sites excluding steroid dienone is 3. The van der Waals surface area contributed by atoms with Crippen LogP contribution in [0.4, 0.5) is 0 Å². The molecule has 1 fully saturated rings. The Morgan fingerprint density at radius 2 is 1.65 bits per heavy atom. The first-order valence-electron chi connectivity index (χ1n) is 7.42. The minimum absolute atomic E-state index is 0.668. The zero-order valence-corrected chi connectivity index (χ0v) is 12.0. The second kappa shape index (κ2) is 7.74. The van der Waals surface area contributed by atoms with Crippen molar-refractivity contribution >= 4 is 0 Å². The molecule has 2 unspecified atom stereocenters. The fourth-order valence-corrected chi connectivity index (χ4v) is 2.56. The molecule has 0 aromatic heterocycles. The first-order chi connectivity index (χ1) is 8.11. The highest BCUT2D eigenvalue weighted by Crippen LogP contribution is 2.29. The topological polar surface area (TPSA) is 0 Å². The maximum Gasteiger partial charge on any atom is -0.0233 e. The van der Waals surface area contributed by atoms with Crippen LogP contribution in [0, 0.1) is 23.7 Å². The summed E-state index contributed by atoms with van der Waals surface area (Å²) < 4.78 is 0. The maximum absolute atomic E-state index is 3.85. The van der Waals surface area contributed by atoms with Crippen LogP contribution >= 0.6 is 0 Å².